The molecule has 0 aliphatic carbocycles. The molecule has 15 heavy (non-hydrogen) atoms. The van der Waals surface area contributed by atoms with Crippen molar-refractivity contribution in [2.24, 2.45) is 5.41 Å². The molecule has 0 heteroatoms. The van der Waals surface area contributed by atoms with Gasteiger partial charge in [0, 0.05) is 5.41 Å². The minimum absolute atomic E-state index is 0.213. The number of unbranched alkanes of at least 4 members (excludes halogenated alkanes) is 4. The van der Waals surface area contributed by atoms with Crippen LogP contribution in [0, 0.1) is 5.41 Å². The second kappa shape index (κ2) is 8.76. The van der Waals surface area contributed by atoms with E-state index in [-0.39, 0.29) is 5.41 Å². The van der Waals surface area contributed by atoms with Gasteiger partial charge < -0.3 is 0 Å². The van der Waals surface area contributed by atoms with Crippen LogP contribution in [0.1, 0.15) is 65.2 Å². The zero-order valence-electron chi connectivity index (χ0n) is 10.7. The van der Waals surface area contributed by atoms with Gasteiger partial charge in [-0.15, -0.1) is 13.2 Å². The number of hydrogen-bond donors (Lipinski definition) is 0. The average Bonchev–Trinajstić information content (AvgIpc) is 2.28. The molecule has 0 rings (SSSR count). The van der Waals surface area contributed by atoms with Crippen molar-refractivity contribution < 1.29 is 0 Å². The standard InChI is InChI=1S/C15H28/c1-5-9-11-13-15(7-3,8-4)14-12-10-6-2/h7-8H,3-6,9-14H2,1-2H3. The SMILES string of the molecule is C=CC(C=C)(CCCCC)CCCCC. The molecule has 0 N–H and O–H groups in total. The summed E-state index contributed by atoms with van der Waals surface area (Å²) < 4.78 is 0. The van der Waals surface area contributed by atoms with Gasteiger partial charge in [0.2, 0.25) is 0 Å². The maximum atomic E-state index is 3.99. The van der Waals surface area contributed by atoms with E-state index < -0.39 is 0 Å². The molecular weight excluding hydrogens is 180 g/mol. The van der Waals surface area contributed by atoms with Crippen molar-refractivity contribution in [3.05, 3.63) is 25.3 Å². The van der Waals surface area contributed by atoms with Crippen LogP contribution in [0.2, 0.25) is 0 Å². The van der Waals surface area contributed by atoms with E-state index in [2.05, 4.69) is 39.2 Å². The lowest BCUT2D eigenvalue weighted by Crippen LogP contribution is -2.14. The lowest BCUT2D eigenvalue weighted by Gasteiger charge is -2.26. The Hall–Kier alpha value is -0.520. The fourth-order valence-electron chi connectivity index (χ4n) is 2.02. The molecule has 0 saturated carbocycles. The van der Waals surface area contributed by atoms with E-state index in [0.717, 1.165) is 0 Å². The Balaban J connectivity index is 4.05. The van der Waals surface area contributed by atoms with Crippen LogP contribution in [0.3, 0.4) is 0 Å². The molecule has 0 heterocycles. The van der Waals surface area contributed by atoms with Crippen LogP contribution in [-0.4, -0.2) is 0 Å². The molecule has 0 spiro atoms. The summed E-state index contributed by atoms with van der Waals surface area (Å²) >= 11 is 0. The van der Waals surface area contributed by atoms with Gasteiger partial charge in [-0.2, -0.15) is 0 Å². The van der Waals surface area contributed by atoms with Crippen LogP contribution >= 0.6 is 0 Å². The normalized spacial score (nSPS) is 11.3. The van der Waals surface area contributed by atoms with Crippen LogP contribution in [0.25, 0.3) is 0 Å². The Labute approximate surface area is 96.5 Å². The van der Waals surface area contributed by atoms with E-state index in [0.29, 0.717) is 0 Å². The summed E-state index contributed by atoms with van der Waals surface area (Å²) in [4.78, 5) is 0. The molecule has 0 aliphatic rings. The molecule has 0 aromatic carbocycles. The molecule has 0 aliphatic heterocycles. The molecule has 0 unspecified atom stereocenters. The smallest absolute Gasteiger partial charge is 0.00556 e. The van der Waals surface area contributed by atoms with Gasteiger partial charge in [0.05, 0.1) is 0 Å². The molecule has 0 aromatic heterocycles. The van der Waals surface area contributed by atoms with Crippen LogP contribution < -0.4 is 0 Å². The Morgan fingerprint density at radius 3 is 1.47 bits per heavy atom. The Kier molecular flexibility index (Phi) is 8.46. The summed E-state index contributed by atoms with van der Waals surface area (Å²) in [6, 6.07) is 0. The Bertz CT molecular complexity index is 147. The lowest BCUT2D eigenvalue weighted by molar-refractivity contribution is 0.378. The largest absolute Gasteiger partial charge is 0.102 e. The van der Waals surface area contributed by atoms with Crippen molar-refractivity contribution in [2.45, 2.75) is 65.2 Å². The Morgan fingerprint density at radius 1 is 0.800 bits per heavy atom. The summed E-state index contributed by atoms with van der Waals surface area (Å²) in [5.74, 6) is 0. The average molecular weight is 208 g/mol. The van der Waals surface area contributed by atoms with E-state index in [4.69, 9.17) is 0 Å². The first-order valence-electron chi connectivity index (χ1n) is 6.52. The predicted octanol–water partition coefficient (Wildman–Crippen LogP) is 5.51. The third kappa shape index (κ3) is 5.81. The third-order valence-electron chi connectivity index (χ3n) is 3.30. The van der Waals surface area contributed by atoms with Crippen molar-refractivity contribution in [3.63, 3.8) is 0 Å². The van der Waals surface area contributed by atoms with Crippen LogP contribution in [0.4, 0.5) is 0 Å². The first-order chi connectivity index (χ1) is 7.24. The fraction of sp³-hybridized carbons (Fsp3) is 0.733. The van der Waals surface area contributed by atoms with Crippen molar-refractivity contribution in [2.75, 3.05) is 0 Å². The summed E-state index contributed by atoms with van der Waals surface area (Å²) in [6.45, 7) is 12.5. The quantitative estimate of drug-likeness (QED) is 0.328. The van der Waals surface area contributed by atoms with E-state index >= 15 is 0 Å². The minimum atomic E-state index is 0.213. The lowest BCUT2D eigenvalue weighted by atomic mass is 9.78. The Morgan fingerprint density at radius 2 is 1.20 bits per heavy atom. The second-order valence-electron chi connectivity index (χ2n) is 4.56. The van der Waals surface area contributed by atoms with Crippen molar-refractivity contribution in [1.29, 1.82) is 0 Å². The predicted molar refractivity (Wildman–Crippen MR) is 71.1 cm³/mol. The molecule has 0 atom stereocenters. The van der Waals surface area contributed by atoms with Gasteiger partial charge in [-0.25, -0.2) is 0 Å². The van der Waals surface area contributed by atoms with Gasteiger partial charge in [0.25, 0.3) is 0 Å². The zero-order valence-corrected chi connectivity index (χ0v) is 10.7. The van der Waals surface area contributed by atoms with Gasteiger partial charge in [-0.3, -0.25) is 0 Å². The van der Waals surface area contributed by atoms with Gasteiger partial charge in [-0.05, 0) is 12.8 Å². The second-order valence-corrected chi connectivity index (χ2v) is 4.56. The highest BCUT2D eigenvalue weighted by atomic mass is 14.2. The van der Waals surface area contributed by atoms with Crippen LogP contribution in [-0.2, 0) is 0 Å². The highest BCUT2D eigenvalue weighted by Crippen LogP contribution is 2.33. The summed E-state index contributed by atoms with van der Waals surface area (Å²) in [5.41, 5.74) is 0.213. The minimum Gasteiger partial charge on any atom is -0.102 e. The molecule has 0 amide bonds. The summed E-state index contributed by atoms with van der Waals surface area (Å²) in [6.07, 6.45) is 14.6. The van der Waals surface area contributed by atoms with Crippen molar-refractivity contribution in [1.82, 2.24) is 0 Å². The van der Waals surface area contributed by atoms with Crippen LogP contribution in [0.15, 0.2) is 25.3 Å². The van der Waals surface area contributed by atoms with E-state index in [9.17, 15) is 0 Å². The van der Waals surface area contributed by atoms with E-state index in [1.54, 1.807) is 0 Å². The van der Waals surface area contributed by atoms with Gasteiger partial charge >= 0.3 is 0 Å². The van der Waals surface area contributed by atoms with E-state index in [1.807, 2.05) is 0 Å². The maximum Gasteiger partial charge on any atom is 0.00556 e. The van der Waals surface area contributed by atoms with Gasteiger partial charge in [0.1, 0.15) is 0 Å². The van der Waals surface area contributed by atoms with Gasteiger partial charge in [0.15, 0.2) is 0 Å². The highest BCUT2D eigenvalue weighted by molar-refractivity contribution is 5.06. The third-order valence-corrected chi connectivity index (χ3v) is 3.30. The van der Waals surface area contributed by atoms with Crippen molar-refractivity contribution in [3.8, 4) is 0 Å². The molecule has 0 saturated heterocycles. The molecule has 0 fully saturated rings. The van der Waals surface area contributed by atoms with E-state index in [1.165, 1.54) is 51.4 Å². The monoisotopic (exact) mass is 208 g/mol. The molecule has 88 valence electrons. The number of hydrogen-bond acceptors (Lipinski definition) is 0. The number of rotatable bonds is 10. The first-order valence-corrected chi connectivity index (χ1v) is 6.52. The fourth-order valence-corrected chi connectivity index (χ4v) is 2.02. The summed E-state index contributed by atoms with van der Waals surface area (Å²) in [5, 5.41) is 0. The van der Waals surface area contributed by atoms with Gasteiger partial charge in [-0.1, -0.05) is 64.5 Å². The van der Waals surface area contributed by atoms with Crippen LogP contribution in [0.5, 0.6) is 0 Å². The maximum absolute atomic E-state index is 3.99. The van der Waals surface area contributed by atoms with Crippen molar-refractivity contribution >= 4 is 0 Å². The molecule has 0 nitrogen and oxygen atoms in total. The first kappa shape index (κ1) is 14.5. The number of allylic oxidation sites excluding steroid dienone is 2. The summed E-state index contributed by atoms with van der Waals surface area (Å²) in [7, 11) is 0. The molecule has 0 aromatic rings. The topological polar surface area (TPSA) is 0 Å². The highest BCUT2D eigenvalue weighted by Gasteiger charge is 2.20. The molecular formula is C15H28. The molecule has 0 bridgehead atoms. The zero-order chi connectivity index (χ0) is 11.6. The molecule has 0 radical (unpaired) electrons.